The van der Waals surface area contributed by atoms with Gasteiger partial charge < -0.3 is 15.4 Å². The number of hydrogen-bond donors (Lipinski definition) is 2. The zero-order chi connectivity index (χ0) is 15.1. The highest BCUT2D eigenvalue weighted by Gasteiger charge is 2.21. The van der Waals surface area contributed by atoms with E-state index >= 15 is 0 Å². The molecule has 0 aliphatic carbocycles. The number of carbonyl (C=O) groups excluding carboxylic acids is 1. The number of carbonyl (C=O) groups is 1. The van der Waals surface area contributed by atoms with Crippen LogP contribution in [-0.4, -0.2) is 34.7 Å². The summed E-state index contributed by atoms with van der Waals surface area (Å²) in [6.07, 6.45) is 1.48. The van der Waals surface area contributed by atoms with Crippen LogP contribution in [0.25, 0.3) is 0 Å². The van der Waals surface area contributed by atoms with Crippen molar-refractivity contribution in [1.29, 1.82) is 0 Å². The molecule has 2 aliphatic heterocycles. The van der Waals surface area contributed by atoms with E-state index in [9.17, 15) is 4.79 Å². The topological polar surface area (TPSA) is 88.5 Å². The number of hydrogen-bond acceptors (Lipinski definition) is 6. The number of rotatable bonds is 2. The molecule has 0 radical (unpaired) electrons. The lowest BCUT2D eigenvalue weighted by Crippen LogP contribution is -2.20. The third-order valence-electron chi connectivity index (χ3n) is 3.62. The minimum absolute atomic E-state index is 0.189. The molecular formula is C15H13N5O2. The summed E-state index contributed by atoms with van der Waals surface area (Å²) in [4.78, 5) is 24.0. The highest BCUT2D eigenvalue weighted by atomic mass is 16.5. The van der Waals surface area contributed by atoms with Crippen LogP contribution in [0.5, 0.6) is 5.75 Å². The number of ether oxygens (including phenoxy) is 1. The summed E-state index contributed by atoms with van der Waals surface area (Å²) in [6, 6.07) is 5.49. The van der Waals surface area contributed by atoms with E-state index in [1.54, 1.807) is 6.07 Å². The van der Waals surface area contributed by atoms with Crippen molar-refractivity contribution in [2.45, 2.75) is 6.92 Å². The van der Waals surface area contributed by atoms with Crippen molar-refractivity contribution in [1.82, 2.24) is 9.97 Å². The molecular weight excluding hydrogens is 282 g/mol. The second-order valence-electron chi connectivity index (χ2n) is 5.06. The smallest absolute Gasteiger partial charge is 0.277 e. The first-order valence-electron chi connectivity index (χ1n) is 6.95. The Labute approximate surface area is 126 Å². The average Bonchev–Trinajstić information content (AvgIpc) is 2.82. The van der Waals surface area contributed by atoms with Crippen molar-refractivity contribution in [3.05, 3.63) is 35.7 Å². The van der Waals surface area contributed by atoms with Crippen molar-refractivity contribution in [2.75, 3.05) is 23.8 Å². The number of anilines is 3. The van der Waals surface area contributed by atoms with Gasteiger partial charge in [0.05, 0.1) is 12.1 Å². The van der Waals surface area contributed by atoms with E-state index in [2.05, 4.69) is 25.6 Å². The average molecular weight is 295 g/mol. The summed E-state index contributed by atoms with van der Waals surface area (Å²) in [5.41, 5.74) is 3.02. The molecule has 1 aromatic carbocycles. The van der Waals surface area contributed by atoms with Crippen molar-refractivity contribution >= 4 is 28.9 Å². The second-order valence-corrected chi connectivity index (χ2v) is 5.06. The maximum Gasteiger partial charge on any atom is 0.277 e. The van der Waals surface area contributed by atoms with Gasteiger partial charge in [-0.3, -0.25) is 4.79 Å². The van der Waals surface area contributed by atoms with Crippen molar-refractivity contribution < 1.29 is 9.53 Å². The lowest BCUT2D eigenvalue weighted by Gasteiger charge is -2.20. The third-order valence-corrected chi connectivity index (χ3v) is 3.62. The number of nitrogens with zero attached hydrogens (tertiary/aromatic N) is 3. The quantitative estimate of drug-likeness (QED) is 0.880. The van der Waals surface area contributed by atoms with Crippen LogP contribution in [0, 0.1) is 0 Å². The van der Waals surface area contributed by atoms with Gasteiger partial charge in [0.2, 0.25) is 5.75 Å². The van der Waals surface area contributed by atoms with Crippen LogP contribution in [-0.2, 0) is 0 Å². The molecule has 1 amide bonds. The SMILES string of the molecule is CC1=NC(=O)c2ccc(Nc3ncnc4c3OCCN4)cc21. The van der Waals surface area contributed by atoms with E-state index in [0.29, 0.717) is 29.6 Å². The van der Waals surface area contributed by atoms with E-state index in [1.165, 1.54) is 6.33 Å². The second kappa shape index (κ2) is 4.80. The molecule has 2 N–H and O–H groups in total. The molecule has 2 aliphatic rings. The zero-order valence-electron chi connectivity index (χ0n) is 11.9. The van der Waals surface area contributed by atoms with Gasteiger partial charge in [-0.05, 0) is 25.1 Å². The predicted molar refractivity (Wildman–Crippen MR) is 82.3 cm³/mol. The molecule has 7 nitrogen and oxygen atoms in total. The van der Waals surface area contributed by atoms with Gasteiger partial charge in [-0.2, -0.15) is 0 Å². The molecule has 0 spiro atoms. The number of amides is 1. The number of fused-ring (bicyclic) bond motifs is 2. The lowest BCUT2D eigenvalue weighted by molar-refractivity contribution is 0.101. The van der Waals surface area contributed by atoms with Gasteiger partial charge in [0.1, 0.15) is 12.9 Å². The molecule has 3 heterocycles. The van der Waals surface area contributed by atoms with Gasteiger partial charge in [-0.25, -0.2) is 15.0 Å². The molecule has 0 saturated carbocycles. The number of nitrogens with one attached hydrogen (secondary N) is 2. The van der Waals surface area contributed by atoms with E-state index in [1.807, 2.05) is 19.1 Å². The van der Waals surface area contributed by atoms with Crippen molar-refractivity contribution in [2.24, 2.45) is 4.99 Å². The predicted octanol–water partition coefficient (Wildman–Crippen LogP) is 1.99. The molecule has 0 bridgehead atoms. The van der Waals surface area contributed by atoms with Crippen LogP contribution in [0.15, 0.2) is 29.5 Å². The zero-order valence-corrected chi connectivity index (χ0v) is 11.9. The summed E-state index contributed by atoms with van der Waals surface area (Å²) in [5, 5.41) is 6.38. The Balaban J connectivity index is 1.69. The maximum absolute atomic E-state index is 11.7. The van der Waals surface area contributed by atoms with Gasteiger partial charge in [0.15, 0.2) is 11.6 Å². The Bertz CT molecular complexity index is 816. The van der Waals surface area contributed by atoms with Gasteiger partial charge in [0, 0.05) is 17.0 Å². The standard InChI is InChI=1S/C15H13N5O2/c1-8-11-6-9(2-3-10(11)15(21)19-8)20-14-12-13(17-7-18-14)16-4-5-22-12/h2-3,6-7H,4-5H2,1H3,(H2,16,17,18,20). The fraction of sp³-hybridized carbons (Fsp3) is 0.200. The fourth-order valence-corrected chi connectivity index (χ4v) is 2.57. The van der Waals surface area contributed by atoms with Gasteiger partial charge in [-0.15, -0.1) is 0 Å². The first-order chi connectivity index (χ1) is 10.7. The van der Waals surface area contributed by atoms with Crippen LogP contribution < -0.4 is 15.4 Å². The van der Waals surface area contributed by atoms with E-state index in [-0.39, 0.29) is 5.91 Å². The number of aliphatic imine (C=N–C) groups is 1. The Morgan fingerprint density at radius 3 is 3.09 bits per heavy atom. The van der Waals surface area contributed by atoms with Gasteiger partial charge in [0.25, 0.3) is 5.91 Å². The van der Waals surface area contributed by atoms with E-state index in [4.69, 9.17) is 4.74 Å². The Kier molecular flexibility index (Phi) is 2.78. The fourth-order valence-electron chi connectivity index (χ4n) is 2.57. The normalized spacial score (nSPS) is 15.3. The molecule has 0 atom stereocenters. The van der Waals surface area contributed by atoms with E-state index < -0.39 is 0 Å². The van der Waals surface area contributed by atoms with Gasteiger partial charge in [-0.1, -0.05) is 0 Å². The number of aromatic nitrogens is 2. The van der Waals surface area contributed by atoms with E-state index in [0.717, 1.165) is 23.5 Å². The number of benzene rings is 1. The van der Waals surface area contributed by atoms with Crippen LogP contribution in [0.4, 0.5) is 17.3 Å². The maximum atomic E-state index is 11.7. The summed E-state index contributed by atoms with van der Waals surface area (Å²) in [6.45, 7) is 3.12. The largest absolute Gasteiger partial charge is 0.485 e. The molecule has 110 valence electrons. The summed E-state index contributed by atoms with van der Waals surface area (Å²) >= 11 is 0. The first kappa shape index (κ1) is 12.8. The molecule has 0 unspecified atom stereocenters. The molecule has 4 rings (SSSR count). The van der Waals surface area contributed by atoms with Crippen molar-refractivity contribution in [3.8, 4) is 5.75 Å². The highest BCUT2D eigenvalue weighted by Crippen LogP contribution is 2.34. The van der Waals surface area contributed by atoms with Crippen molar-refractivity contribution in [3.63, 3.8) is 0 Å². The van der Waals surface area contributed by atoms with Crippen LogP contribution in [0.3, 0.4) is 0 Å². The minimum atomic E-state index is -0.189. The summed E-state index contributed by atoms with van der Waals surface area (Å²) < 4.78 is 5.63. The highest BCUT2D eigenvalue weighted by molar-refractivity contribution is 6.20. The molecule has 7 heteroatoms. The third kappa shape index (κ3) is 1.98. The molecule has 1 aromatic heterocycles. The lowest BCUT2D eigenvalue weighted by atomic mass is 10.1. The Hall–Kier alpha value is -2.96. The Morgan fingerprint density at radius 2 is 2.18 bits per heavy atom. The van der Waals surface area contributed by atoms with Crippen LogP contribution in [0.1, 0.15) is 22.8 Å². The Morgan fingerprint density at radius 1 is 1.27 bits per heavy atom. The summed E-state index contributed by atoms with van der Waals surface area (Å²) in [5.74, 6) is 1.69. The van der Waals surface area contributed by atoms with Crippen LogP contribution >= 0.6 is 0 Å². The van der Waals surface area contributed by atoms with Crippen LogP contribution in [0.2, 0.25) is 0 Å². The monoisotopic (exact) mass is 295 g/mol. The van der Waals surface area contributed by atoms with Gasteiger partial charge >= 0.3 is 0 Å². The molecule has 22 heavy (non-hydrogen) atoms. The molecule has 0 fully saturated rings. The molecule has 0 saturated heterocycles. The first-order valence-corrected chi connectivity index (χ1v) is 6.95. The molecule has 2 aromatic rings. The summed E-state index contributed by atoms with van der Waals surface area (Å²) in [7, 11) is 0. The minimum Gasteiger partial charge on any atom is -0.485 e.